The predicted octanol–water partition coefficient (Wildman–Crippen LogP) is 4.74. The van der Waals surface area contributed by atoms with Crippen molar-refractivity contribution in [3.63, 3.8) is 0 Å². The summed E-state index contributed by atoms with van der Waals surface area (Å²) in [6.45, 7) is 3.67. The van der Waals surface area contributed by atoms with E-state index in [1.54, 1.807) is 0 Å². The first-order chi connectivity index (χ1) is 20.7. The van der Waals surface area contributed by atoms with E-state index in [1.807, 2.05) is 83.6 Å². The molecular weight excluding hydrogens is 528 g/mol. The Labute approximate surface area is 242 Å². The number of ether oxygens (including phenoxy) is 1. The Morgan fingerprint density at radius 3 is 2.52 bits per heavy atom. The fourth-order valence-electron chi connectivity index (χ4n) is 5.33. The first kappa shape index (κ1) is 25.7. The number of rotatable bonds is 8. The van der Waals surface area contributed by atoms with Gasteiger partial charge in [0.2, 0.25) is 5.91 Å². The normalized spacial score (nSPS) is 13.5. The quantitative estimate of drug-likeness (QED) is 0.247. The fourth-order valence-corrected chi connectivity index (χ4v) is 5.33. The molecule has 1 aliphatic rings. The van der Waals surface area contributed by atoms with Crippen molar-refractivity contribution >= 4 is 45.0 Å². The SMILES string of the molecule is O=C(Cc1cn(-c2ccc(Nc3ccc(N4CCOCC4)cc3)nn2)c2ccccc12)NCc1nc2ccccc2[nH]1. The number of aromatic nitrogens is 5. The molecule has 1 fully saturated rings. The molecule has 4 heterocycles. The number of hydrogen-bond donors (Lipinski definition) is 3. The number of nitrogens with zero attached hydrogens (tertiary/aromatic N) is 5. The zero-order valence-electron chi connectivity index (χ0n) is 23.0. The minimum Gasteiger partial charge on any atom is -0.378 e. The number of amides is 1. The molecule has 0 aliphatic carbocycles. The topological polar surface area (TPSA) is 113 Å². The van der Waals surface area contributed by atoms with Crippen molar-refractivity contribution in [2.75, 3.05) is 36.5 Å². The lowest BCUT2D eigenvalue weighted by Crippen LogP contribution is -2.36. The van der Waals surface area contributed by atoms with Gasteiger partial charge in [0.15, 0.2) is 11.6 Å². The van der Waals surface area contributed by atoms with Crippen molar-refractivity contribution in [2.45, 2.75) is 13.0 Å². The Morgan fingerprint density at radius 1 is 0.905 bits per heavy atom. The second kappa shape index (κ2) is 11.3. The number of imidazole rings is 1. The summed E-state index contributed by atoms with van der Waals surface area (Å²) < 4.78 is 7.43. The van der Waals surface area contributed by atoms with E-state index in [4.69, 9.17) is 4.74 Å². The summed E-state index contributed by atoms with van der Waals surface area (Å²) in [5.41, 5.74) is 5.84. The van der Waals surface area contributed by atoms with E-state index in [0.29, 0.717) is 18.2 Å². The van der Waals surface area contributed by atoms with E-state index in [0.717, 1.165) is 65.3 Å². The zero-order chi connectivity index (χ0) is 28.3. The van der Waals surface area contributed by atoms with Gasteiger partial charge in [0.25, 0.3) is 0 Å². The maximum absolute atomic E-state index is 12.9. The zero-order valence-corrected chi connectivity index (χ0v) is 23.0. The summed E-state index contributed by atoms with van der Waals surface area (Å²) >= 11 is 0. The lowest BCUT2D eigenvalue weighted by atomic mass is 10.1. The van der Waals surface area contributed by atoms with Crippen LogP contribution in [0.4, 0.5) is 17.2 Å². The van der Waals surface area contributed by atoms with Crippen LogP contribution in [0.15, 0.2) is 91.1 Å². The van der Waals surface area contributed by atoms with Crippen LogP contribution < -0.4 is 15.5 Å². The third-order valence-electron chi connectivity index (χ3n) is 7.45. The van der Waals surface area contributed by atoms with E-state index in [-0.39, 0.29) is 12.3 Å². The average molecular weight is 559 g/mol. The molecule has 6 aromatic rings. The number of H-pyrrole nitrogens is 1. The van der Waals surface area contributed by atoms with Crippen molar-refractivity contribution in [1.82, 2.24) is 30.0 Å². The highest BCUT2D eigenvalue weighted by molar-refractivity contribution is 5.90. The molecular formula is C32H30N8O2. The largest absolute Gasteiger partial charge is 0.378 e. The average Bonchev–Trinajstić information content (AvgIpc) is 3.63. The Morgan fingerprint density at radius 2 is 1.71 bits per heavy atom. The first-order valence-corrected chi connectivity index (χ1v) is 14.0. The van der Waals surface area contributed by atoms with Crippen molar-refractivity contribution in [1.29, 1.82) is 0 Å². The van der Waals surface area contributed by atoms with Gasteiger partial charge in [0.05, 0.1) is 42.7 Å². The summed E-state index contributed by atoms with van der Waals surface area (Å²) in [7, 11) is 0. The van der Waals surface area contributed by atoms with Crippen LogP contribution in [0.5, 0.6) is 0 Å². The van der Waals surface area contributed by atoms with E-state index in [9.17, 15) is 4.79 Å². The number of benzene rings is 3. The number of carbonyl (C=O) groups excluding carboxylic acids is 1. The summed E-state index contributed by atoms with van der Waals surface area (Å²) in [5.74, 6) is 1.97. The molecule has 0 spiro atoms. The van der Waals surface area contributed by atoms with Crippen molar-refractivity contribution < 1.29 is 9.53 Å². The molecule has 0 bridgehead atoms. The van der Waals surface area contributed by atoms with Crippen molar-refractivity contribution in [3.8, 4) is 5.82 Å². The van der Waals surface area contributed by atoms with Crippen LogP contribution in [-0.4, -0.2) is 56.9 Å². The number of nitrogens with one attached hydrogen (secondary N) is 3. The number of carbonyl (C=O) groups is 1. The van der Waals surface area contributed by atoms with Gasteiger partial charge in [-0.15, -0.1) is 10.2 Å². The van der Waals surface area contributed by atoms with Gasteiger partial charge >= 0.3 is 0 Å². The van der Waals surface area contributed by atoms with E-state index in [1.165, 1.54) is 5.69 Å². The molecule has 3 aromatic heterocycles. The summed E-state index contributed by atoms with van der Waals surface area (Å²) in [5, 5.41) is 16.2. The Balaban J connectivity index is 1.03. The molecule has 1 amide bonds. The monoisotopic (exact) mass is 558 g/mol. The van der Waals surface area contributed by atoms with Gasteiger partial charge in [-0.1, -0.05) is 30.3 Å². The van der Waals surface area contributed by atoms with Crippen LogP contribution in [0.3, 0.4) is 0 Å². The number of anilines is 3. The minimum absolute atomic E-state index is 0.0800. The highest BCUT2D eigenvalue weighted by atomic mass is 16.5. The molecule has 42 heavy (non-hydrogen) atoms. The van der Waals surface area contributed by atoms with Crippen molar-refractivity contribution in [3.05, 3.63) is 103 Å². The van der Waals surface area contributed by atoms with Crippen LogP contribution in [-0.2, 0) is 22.5 Å². The molecule has 3 aromatic carbocycles. The second-order valence-corrected chi connectivity index (χ2v) is 10.2. The number of aromatic amines is 1. The van der Waals surface area contributed by atoms with Crippen LogP contribution >= 0.6 is 0 Å². The molecule has 1 aliphatic heterocycles. The molecule has 10 heteroatoms. The Bertz CT molecular complexity index is 1800. The lowest BCUT2D eigenvalue weighted by molar-refractivity contribution is -0.120. The standard InChI is InChI=1S/C32H30N8O2/c41-32(33-20-30-35-26-6-2-3-7-27(26)36-30)19-22-21-40(28-8-4-1-5-25(22)28)31-14-13-29(37-38-31)34-23-9-11-24(12-10-23)39-15-17-42-18-16-39/h1-14,21H,15-20H2,(H,33,41)(H,34,37)(H,35,36). The summed E-state index contributed by atoms with van der Waals surface area (Å²) in [6, 6.07) is 28.0. The van der Waals surface area contributed by atoms with Crippen molar-refractivity contribution in [2.24, 2.45) is 0 Å². The Kier molecular flexibility index (Phi) is 6.95. The lowest BCUT2D eigenvalue weighted by Gasteiger charge is -2.28. The van der Waals surface area contributed by atoms with E-state index >= 15 is 0 Å². The number of para-hydroxylation sites is 3. The maximum Gasteiger partial charge on any atom is 0.224 e. The summed E-state index contributed by atoms with van der Waals surface area (Å²) in [6.07, 6.45) is 2.20. The van der Waals surface area contributed by atoms with E-state index in [2.05, 4.69) is 47.8 Å². The van der Waals surface area contributed by atoms with Crippen LogP contribution in [0.2, 0.25) is 0 Å². The number of morpholine rings is 1. The van der Waals surface area contributed by atoms with Gasteiger partial charge in [0, 0.05) is 36.0 Å². The van der Waals surface area contributed by atoms with Gasteiger partial charge in [-0.2, -0.15) is 0 Å². The predicted molar refractivity (Wildman–Crippen MR) is 163 cm³/mol. The van der Waals surface area contributed by atoms with Gasteiger partial charge < -0.3 is 25.3 Å². The Hall–Kier alpha value is -5.22. The van der Waals surface area contributed by atoms with Crippen LogP contribution in [0.25, 0.3) is 27.8 Å². The molecule has 1 saturated heterocycles. The van der Waals surface area contributed by atoms with Gasteiger partial charge in [-0.3, -0.25) is 9.36 Å². The fraction of sp³-hybridized carbons (Fsp3) is 0.188. The number of hydrogen-bond acceptors (Lipinski definition) is 7. The third-order valence-corrected chi connectivity index (χ3v) is 7.45. The maximum atomic E-state index is 12.9. The van der Waals surface area contributed by atoms with Crippen LogP contribution in [0, 0.1) is 0 Å². The molecule has 10 nitrogen and oxygen atoms in total. The molecule has 0 saturated carbocycles. The van der Waals surface area contributed by atoms with Crippen LogP contribution in [0.1, 0.15) is 11.4 Å². The first-order valence-electron chi connectivity index (χ1n) is 14.0. The van der Waals surface area contributed by atoms with E-state index < -0.39 is 0 Å². The van der Waals surface area contributed by atoms with Gasteiger partial charge in [-0.25, -0.2) is 4.98 Å². The minimum atomic E-state index is -0.0800. The third kappa shape index (κ3) is 5.39. The molecule has 7 rings (SSSR count). The number of fused-ring (bicyclic) bond motifs is 2. The molecule has 3 N–H and O–H groups in total. The second-order valence-electron chi connectivity index (χ2n) is 10.2. The van der Waals surface area contributed by atoms with Gasteiger partial charge in [0.1, 0.15) is 5.82 Å². The van der Waals surface area contributed by atoms with Gasteiger partial charge in [-0.05, 0) is 60.2 Å². The highest BCUT2D eigenvalue weighted by Gasteiger charge is 2.15. The molecule has 0 atom stereocenters. The molecule has 0 unspecified atom stereocenters. The highest BCUT2D eigenvalue weighted by Crippen LogP contribution is 2.26. The molecule has 0 radical (unpaired) electrons. The summed E-state index contributed by atoms with van der Waals surface area (Å²) in [4.78, 5) is 23.0. The molecule has 210 valence electrons. The smallest absolute Gasteiger partial charge is 0.224 e.